The Morgan fingerprint density at radius 3 is 2.89 bits per heavy atom. The van der Waals surface area contributed by atoms with Crippen LogP contribution in [0.2, 0.25) is 0 Å². The van der Waals surface area contributed by atoms with Crippen molar-refractivity contribution in [2.24, 2.45) is 0 Å². The van der Waals surface area contributed by atoms with Crippen LogP contribution in [-0.4, -0.2) is 63.5 Å². The van der Waals surface area contributed by atoms with Crippen LogP contribution in [0.4, 0.5) is 4.79 Å². The van der Waals surface area contributed by atoms with Crippen LogP contribution in [0.1, 0.15) is 18.7 Å². The quantitative estimate of drug-likeness (QED) is 0.447. The molecule has 0 unspecified atom stereocenters. The molecule has 0 spiro atoms. The number of nitrogens with one attached hydrogen (secondary N) is 2. The summed E-state index contributed by atoms with van der Waals surface area (Å²) in [4.78, 5) is 38.4. The van der Waals surface area contributed by atoms with Crippen LogP contribution >= 0.6 is 0 Å². The molecule has 12 nitrogen and oxygen atoms in total. The lowest BCUT2D eigenvalue weighted by molar-refractivity contribution is -0.140. The fourth-order valence-electron chi connectivity index (χ4n) is 3.42. The number of hydrogen-bond donors (Lipinski definition) is 3. The molecule has 1 aromatic carbocycles. The summed E-state index contributed by atoms with van der Waals surface area (Å²) < 4.78 is 34.9. The van der Waals surface area contributed by atoms with Crippen molar-refractivity contribution < 1.29 is 31.7 Å². The molecule has 2 aromatic rings. The van der Waals surface area contributed by atoms with Gasteiger partial charge in [-0.25, -0.2) is 15.3 Å². The lowest BCUT2D eigenvalue weighted by Gasteiger charge is -2.28. The summed E-state index contributed by atoms with van der Waals surface area (Å²) in [6, 6.07) is 5.22. The molecule has 3 amide bonds. The Balaban J connectivity index is 1.34. The molecule has 0 radical (unpaired) electrons. The fourth-order valence-corrected chi connectivity index (χ4v) is 3.81. The van der Waals surface area contributed by atoms with Gasteiger partial charge in [0.15, 0.2) is 0 Å². The van der Waals surface area contributed by atoms with Gasteiger partial charge in [-0.05, 0) is 25.0 Å². The maximum absolute atomic E-state index is 12.4. The lowest BCUT2D eigenvalue weighted by atomic mass is 10.0. The van der Waals surface area contributed by atoms with Crippen LogP contribution in [0.15, 0.2) is 24.3 Å². The Bertz CT molecular complexity index is 990. The van der Waals surface area contributed by atoms with E-state index in [2.05, 4.69) is 19.7 Å². The highest BCUT2D eigenvalue weighted by Gasteiger charge is 2.49. The predicted molar refractivity (Wildman–Crippen MR) is 92.4 cm³/mol. The van der Waals surface area contributed by atoms with Gasteiger partial charge in [-0.3, -0.25) is 14.2 Å². The largest absolute Gasteiger partial charge is 0.418 e. The maximum atomic E-state index is 12.4. The second-order valence-electron chi connectivity index (χ2n) is 6.47. The molecule has 2 fully saturated rings. The van der Waals surface area contributed by atoms with Crippen molar-refractivity contribution >= 4 is 33.4 Å². The summed E-state index contributed by atoms with van der Waals surface area (Å²) in [5.41, 5.74) is 3.90. The lowest BCUT2D eigenvalue weighted by Crippen LogP contribution is -2.49. The van der Waals surface area contributed by atoms with Gasteiger partial charge in [0.25, 0.3) is 5.91 Å². The number of hydrogen-bond acceptors (Lipinski definition) is 7. The summed E-state index contributed by atoms with van der Waals surface area (Å²) in [6.45, 7) is 0.109. The first-order valence-electron chi connectivity index (χ1n) is 8.44. The molecule has 0 aliphatic carbocycles. The molecule has 0 saturated carbocycles. The normalized spacial score (nSPS) is 22.1. The summed E-state index contributed by atoms with van der Waals surface area (Å²) in [5.74, 6) is -0.0215. The van der Waals surface area contributed by atoms with Gasteiger partial charge >= 0.3 is 16.4 Å². The third kappa shape index (κ3) is 3.64. The highest BCUT2D eigenvalue weighted by Crippen LogP contribution is 2.30. The van der Waals surface area contributed by atoms with Gasteiger partial charge in [-0.2, -0.15) is 13.5 Å². The zero-order chi connectivity index (χ0) is 19.9. The standard InChI is InChI=1S/C15H17N5O7S/c21-14(18-26-8-13-16-10-3-1-2-4-11(10)17-13)12-6-5-9-7-19(12)15(22)20(9)27-28(23,24)25/h1-4,9,12H,5-8H2,(H,16,17)(H,18,21)(H,23,24,25)/t9-,12+/m1/s1. The first kappa shape index (κ1) is 18.6. The van der Waals surface area contributed by atoms with E-state index < -0.39 is 34.4 Å². The van der Waals surface area contributed by atoms with E-state index in [0.717, 1.165) is 11.0 Å². The first-order valence-corrected chi connectivity index (χ1v) is 9.80. The summed E-state index contributed by atoms with van der Waals surface area (Å²) in [5, 5.41) is 0.581. The Kier molecular flexibility index (Phi) is 4.66. The summed E-state index contributed by atoms with van der Waals surface area (Å²) in [6.07, 6.45) is 0.626. The highest BCUT2D eigenvalue weighted by molar-refractivity contribution is 7.80. The van der Waals surface area contributed by atoms with Crippen molar-refractivity contribution in [3.63, 3.8) is 0 Å². The van der Waals surface area contributed by atoms with Crippen LogP contribution in [0.3, 0.4) is 0 Å². The van der Waals surface area contributed by atoms with Crippen LogP contribution in [0.25, 0.3) is 11.0 Å². The van der Waals surface area contributed by atoms with E-state index in [4.69, 9.17) is 9.39 Å². The molecule has 2 atom stereocenters. The van der Waals surface area contributed by atoms with Gasteiger partial charge in [0.1, 0.15) is 18.5 Å². The second kappa shape index (κ2) is 7.01. The van der Waals surface area contributed by atoms with Crippen LogP contribution in [0.5, 0.6) is 0 Å². The monoisotopic (exact) mass is 411 g/mol. The van der Waals surface area contributed by atoms with Crippen molar-refractivity contribution in [1.82, 2.24) is 25.4 Å². The number of urea groups is 1. The third-order valence-corrected chi connectivity index (χ3v) is 4.97. The number of benzene rings is 1. The number of hydroxylamine groups is 3. The molecule has 3 N–H and O–H groups in total. The number of carbonyl (C=O) groups is 2. The second-order valence-corrected chi connectivity index (χ2v) is 7.47. The minimum atomic E-state index is -4.83. The third-order valence-electron chi connectivity index (χ3n) is 4.62. The molecule has 1 aromatic heterocycles. The summed E-state index contributed by atoms with van der Waals surface area (Å²) in [7, 11) is -4.83. The maximum Gasteiger partial charge on any atom is 0.418 e. The van der Waals surface area contributed by atoms with E-state index in [9.17, 15) is 18.0 Å². The zero-order valence-electron chi connectivity index (χ0n) is 14.4. The van der Waals surface area contributed by atoms with Crippen molar-refractivity contribution in [3.05, 3.63) is 30.1 Å². The van der Waals surface area contributed by atoms with Crippen molar-refractivity contribution in [2.75, 3.05) is 6.54 Å². The Labute approximate surface area is 159 Å². The molecule has 28 heavy (non-hydrogen) atoms. The highest BCUT2D eigenvalue weighted by atomic mass is 32.3. The minimum absolute atomic E-state index is 0.00169. The van der Waals surface area contributed by atoms with E-state index in [-0.39, 0.29) is 13.2 Å². The molecular weight excluding hydrogens is 394 g/mol. The van der Waals surface area contributed by atoms with E-state index in [0.29, 0.717) is 23.7 Å². The summed E-state index contributed by atoms with van der Waals surface area (Å²) >= 11 is 0. The average Bonchev–Trinajstić information content (AvgIpc) is 3.15. The van der Waals surface area contributed by atoms with Crippen molar-refractivity contribution in [1.29, 1.82) is 0 Å². The number of nitrogens with zero attached hydrogens (tertiary/aromatic N) is 3. The van der Waals surface area contributed by atoms with Gasteiger partial charge in [-0.1, -0.05) is 12.1 Å². The SMILES string of the molecule is O=C(NOCc1nc2ccccc2[nH]1)[C@@H]1CC[C@@H]2CN1C(=O)N2OS(=O)(=O)O. The molecule has 150 valence electrons. The fraction of sp³-hybridized carbons (Fsp3) is 0.400. The van der Waals surface area contributed by atoms with Crippen molar-refractivity contribution in [3.8, 4) is 0 Å². The average molecular weight is 411 g/mol. The number of piperidine rings is 1. The van der Waals surface area contributed by atoms with E-state index in [1.807, 2.05) is 24.3 Å². The molecule has 2 bridgehead atoms. The Morgan fingerprint density at radius 1 is 1.36 bits per heavy atom. The number of H-pyrrole nitrogens is 1. The topological polar surface area (TPSA) is 154 Å². The molecule has 4 rings (SSSR count). The first-order chi connectivity index (χ1) is 13.3. The van der Waals surface area contributed by atoms with Gasteiger partial charge in [0.2, 0.25) is 0 Å². The van der Waals surface area contributed by atoms with Gasteiger partial charge in [0.05, 0.1) is 17.1 Å². The van der Waals surface area contributed by atoms with Crippen molar-refractivity contribution in [2.45, 2.75) is 31.5 Å². The Morgan fingerprint density at radius 2 is 2.14 bits per heavy atom. The van der Waals surface area contributed by atoms with Gasteiger partial charge in [-0.15, -0.1) is 4.28 Å². The smallest absolute Gasteiger partial charge is 0.340 e. The number of fused-ring (bicyclic) bond motifs is 3. The van der Waals surface area contributed by atoms with E-state index >= 15 is 0 Å². The van der Waals surface area contributed by atoms with Gasteiger partial charge in [0, 0.05) is 6.54 Å². The number of amides is 3. The van der Waals surface area contributed by atoms with E-state index in [1.165, 1.54) is 4.90 Å². The van der Waals surface area contributed by atoms with E-state index in [1.54, 1.807) is 0 Å². The number of carbonyl (C=O) groups excluding carboxylic acids is 2. The molecule has 3 heterocycles. The number of para-hydroxylation sites is 2. The zero-order valence-corrected chi connectivity index (χ0v) is 15.3. The molecular formula is C15H17N5O7S. The van der Waals surface area contributed by atoms with Crippen LogP contribution in [-0.2, 0) is 30.9 Å². The number of aromatic amines is 1. The minimum Gasteiger partial charge on any atom is -0.340 e. The van der Waals surface area contributed by atoms with Crippen LogP contribution < -0.4 is 5.48 Å². The molecule has 2 aliphatic rings. The predicted octanol–water partition coefficient (Wildman–Crippen LogP) is 0.114. The number of aromatic nitrogens is 2. The van der Waals surface area contributed by atoms with Gasteiger partial charge < -0.3 is 9.88 Å². The molecule has 2 aliphatic heterocycles. The Hall–Kier alpha value is -2.74. The number of rotatable bonds is 6. The molecule has 13 heteroatoms. The number of imidazole rings is 1. The van der Waals surface area contributed by atoms with Crippen LogP contribution in [0, 0.1) is 0 Å². The molecule has 2 saturated heterocycles.